The molecule has 0 aromatic rings. The number of nitrogens with one attached hydrogen (secondary N) is 1. The number of hydrogen-bond acceptors (Lipinski definition) is 2. The van der Waals surface area contributed by atoms with Gasteiger partial charge in [0.15, 0.2) is 0 Å². The summed E-state index contributed by atoms with van der Waals surface area (Å²) in [6, 6.07) is 0.274. The third kappa shape index (κ3) is 5.16. The van der Waals surface area contributed by atoms with Crippen LogP contribution in [0.15, 0.2) is 0 Å². The summed E-state index contributed by atoms with van der Waals surface area (Å²) in [5.41, 5.74) is 0. The Hall–Kier alpha value is -0.220. The molecule has 1 saturated heterocycles. The van der Waals surface area contributed by atoms with E-state index in [2.05, 4.69) is 5.32 Å². The summed E-state index contributed by atoms with van der Waals surface area (Å²) >= 11 is 0. The summed E-state index contributed by atoms with van der Waals surface area (Å²) in [5.74, 6) is -2.70. The van der Waals surface area contributed by atoms with E-state index in [-0.39, 0.29) is 6.04 Å². The molecule has 2 nitrogen and oxygen atoms in total. The minimum Gasteiger partial charge on any atom is -0.374 e. The predicted molar refractivity (Wildman–Crippen MR) is 47.1 cm³/mol. The fourth-order valence-electron chi connectivity index (χ4n) is 1.45. The lowest BCUT2D eigenvalue weighted by molar-refractivity contribution is -0.0671. The van der Waals surface area contributed by atoms with Crippen LogP contribution in [0.4, 0.5) is 8.78 Å². The second-order valence-electron chi connectivity index (χ2n) is 3.73. The number of alkyl halides is 2. The van der Waals surface area contributed by atoms with E-state index in [9.17, 15) is 8.78 Å². The Morgan fingerprint density at radius 2 is 2.23 bits per heavy atom. The average molecular weight is 193 g/mol. The van der Waals surface area contributed by atoms with E-state index >= 15 is 0 Å². The van der Waals surface area contributed by atoms with Gasteiger partial charge in [0.25, 0.3) is 5.92 Å². The summed E-state index contributed by atoms with van der Waals surface area (Å²) in [5, 5.41) is 3.24. The van der Waals surface area contributed by atoms with Gasteiger partial charge in [0.2, 0.25) is 0 Å². The molecule has 0 aromatic heterocycles. The van der Waals surface area contributed by atoms with Crippen molar-refractivity contribution in [3.05, 3.63) is 0 Å². The molecule has 1 heterocycles. The maximum absolute atomic E-state index is 12.3. The second kappa shape index (κ2) is 4.86. The maximum atomic E-state index is 12.3. The van der Waals surface area contributed by atoms with Gasteiger partial charge in [-0.3, -0.25) is 0 Å². The van der Waals surface area contributed by atoms with Gasteiger partial charge in [0, 0.05) is 13.0 Å². The SMILES string of the molecule is CC(F)(F)COCC1CCCCN1. The van der Waals surface area contributed by atoms with Crippen molar-refractivity contribution >= 4 is 0 Å². The van der Waals surface area contributed by atoms with Crippen molar-refractivity contribution in [2.24, 2.45) is 0 Å². The molecule has 4 heteroatoms. The minimum absolute atomic E-state index is 0.274. The van der Waals surface area contributed by atoms with E-state index in [1.54, 1.807) is 0 Å². The molecule has 0 bridgehead atoms. The topological polar surface area (TPSA) is 21.3 Å². The molecule has 0 saturated carbocycles. The summed E-state index contributed by atoms with van der Waals surface area (Å²) < 4.78 is 29.6. The fraction of sp³-hybridized carbons (Fsp3) is 1.00. The largest absolute Gasteiger partial charge is 0.374 e. The summed E-state index contributed by atoms with van der Waals surface area (Å²) in [6.45, 7) is 1.80. The molecule has 1 rings (SSSR count). The van der Waals surface area contributed by atoms with Gasteiger partial charge in [-0.2, -0.15) is 0 Å². The molecule has 78 valence electrons. The van der Waals surface area contributed by atoms with Crippen LogP contribution in [0.5, 0.6) is 0 Å². The van der Waals surface area contributed by atoms with Crippen LogP contribution in [0.2, 0.25) is 0 Å². The van der Waals surface area contributed by atoms with Crippen molar-refractivity contribution in [3.63, 3.8) is 0 Å². The van der Waals surface area contributed by atoms with Crippen molar-refractivity contribution < 1.29 is 13.5 Å². The molecule has 1 fully saturated rings. The highest BCUT2D eigenvalue weighted by atomic mass is 19.3. The quantitative estimate of drug-likeness (QED) is 0.735. The molecule has 1 atom stereocenters. The van der Waals surface area contributed by atoms with Crippen molar-refractivity contribution in [1.29, 1.82) is 0 Å². The first kappa shape index (κ1) is 10.9. The van der Waals surface area contributed by atoms with Gasteiger partial charge in [-0.05, 0) is 19.4 Å². The molecule has 0 radical (unpaired) electrons. The first-order chi connectivity index (χ1) is 6.08. The third-order valence-corrected chi connectivity index (χ3v) is 2.09. The molecule has 1 N–H and O–H groups in total. The van der Waals surface area contributed by atoms with Crippen LogP contribution in [-0.4, -0.2) is 31.7 Å². The first-order valence-electron chi connectivity index (χ1n) is 4.77. The highest BCUT2D eigenvalue weighted by Crippen LogP contribution is 2.13. The van der Waals surface area contributed by atoms with Crippen LogP contribution in [0.1, 0.15) is 26.2 Å². The Labute approximate surface area is 77.6 Å². The Bertz CT molecular complexity index is 141. The number of rotatable bonds is 4. The highest BCUT2D eigenvalue weighted by molar-refractivity contribution is 4.71. The molecule has 0 amide bonds. The van der Waals surface area contributed by atoms with Gasteiger partial charge in [0.1, 0.15) is 6.61 Å². The van der Waals surface area contributed by atoms with Gasteiger partial charge in [-0.1, -0.05) is 6.42 Å². The number of hydrogen-bond donors (Lipinski definition) is 1. The lowest BCUT2D eigenvalue weighted by Gasteiger charge is -2.23. The number of ether oxygens (including phenoxy) is 1. The number of halogens is 2. The van der Waals surface area contributed by atoms with Gasteiger partial charge in [-0.15, -0.1) is 0 Å². The summed E-state index contributed by atoms with van der Waals surface area (Å²) in [7, 11) is 0. The Morgan fingerprint density at radius 3 is 2.77 bits per heavy atom. The highest BCUT2D eigenvalue weighted by Gasteiger charge is 2.22. The minimum atomic E-state index is -2.70. The zero-order valence-corrected chi connectivity index (χ0v) is 7.98. The molecule has 0 aromatic carbocycles. The molecule has 0 aliphatic carbocycles. The average Bonchev–Trinajstić information content (AvgIpc) is 2.04. The van der Waals surface area contributed by atoms with E-state index < -0.39 is 12.5 Å². The lowest BCUT2D eigenvalue weighted by Crippen LogP contribution is -2.38. The van der Waals surface area contributed by atoms with E-state index in [1.165, 1.54) is 12.8 Å². The summed E-state index contributed by atoms with van der Waals surface area (Å²) in [4.78, 5) is 0. The molecule has 1 aliphatic heterocycles. The van der Waals surface area contributed by atoms with Gasteiger partial charge < -0.3 is 10.1 Å². The second-order valence-corrected chi connectivity index (χ2v) is 3.73. The normalized spacial score (nSPS) is 24.7. The fourth-order valence-corrected chi connectivity index (χ4v) is 1.45. The third-order valence-electron chi connectivity index (χ3n) is 2.09. The molecular weight excluding hydrogens is 176 g/mol. The Balaban J connectivity index is 2.04. The van der Waals surface area contributed by atoms with Crippen LogP contribution in [0.3, 0.4) is 0 Å². The molecule has 0 spiro atoms. The zero-order valence-electron chi connectivity index (χ0n) is 7.98. The lowest BCUT2D eigenvalue weighted by atomic mass is 10.1. The molecule has 1 aliphatic rings. The van der Waals surface area contributed by atoms with E-state index in [1.807, 2.05) is 0 Å². The Morgan fingerprint density at radius 1 is 1.46 bits per heavy atom. The van der Waals surface area contributed by atoms with Crippen molar-refractivity contribution in [1.82, 2.24) is 5.32 Å². The monoisotopic (exact) mass is 193 g/mol. The van der Waals surface area contributed by atoms with Gasteiger partial charge in [0.05, 0.1) is 6.61 Å². The maximum Gasteiger partial charge on any atom is 0.268 e. The molecule has 13 heavy (non-hydrogen) atoms. The smallest absolute Gasteiger partial charge is 0.268 e. The molecular formula is C9H17F2NO. The Kier molecular flexibility index (Phi) is 4.06. The van der Waals surface area contributed by atoms with Crippen molar-refractivity contribution in [2.45, 2.75) is 38.2 Å². The van der Waals surface area contributed by atoms with Crippen LogP contribution in [-0.2, 0) is 4.74 Å². The van der Waals surface area contributed by atoms with Crippen molar-refractivity contribution in [2.75, 3.05) is 19.8 Å². The van der Waals surface area contributed by atoms with E-state index in [0.29, 0.717) is 6.61 Å². The van der Waals surface area contributed by atoms with E-state index in [4.69, 9.17) is 4.74 Å². The molecule has 1 unspecified atom stereocenters. The van der Waals surface area contributed by atoms with Gasteiger partial charge in [-0.25, -0.2) is 8.78 Å². The standard InChI is InChI=1S/C9H17F2NO/c1-9(10,11)7-13-6-8-4-2-3-5-12-8/h8,12H,2-7H2,1H3. The van der Waals surface area contributed by atoms with Crippen LogP contribution < -0.4 is 5.32 Å². The van der Waals surface area contributed by atoms with Crippen LogP contribution >= 0.6 is 0 Å². The predicted octanol–water partition coefficient (Wildman–Crippen LogP) is 1.80. The number of piperidine rings is 1. The summed E-state index contributed by atoms with van der Waals surface area (Å²) in [6.07, 6.45) is 3.39. The van der Waals surface area contributed by atoms with Crippen LogP contribution in [0, 0.1) is 0 Å². The zero-order chi connectivity index (χ0) is 9.73. The van der Waals surface area contributed by atoms with Crippen LogP contribution in [0.25, 0.3) is 0 Å². The van der Waals surface area contributed by atoms with Crippen molar-refractivity contribution in [3.8, 4) is 0 Å². The van der Waals surface area contributed by atoms with Gasteiger partial charge >= 0.3 is 0 Å². The first-order valence-corrected chi connectivity index (χ1v) is 4.77. The van der Waals surface area contributed by atoms with E-state index in [0.717, 1.165) is 19.9 Å².